The van der Waals surface area contributed by atoms with Crippen LogP contribution in [-0.2, 0) is 31.9 Å². The first-order valence-corrected chi connectivity index (χ1v) is 10.9. The van der Waals surface area contributed by atoms with E-state index in [0.717, 1.165) is 70.8 Å². The van der Waals surface area contributed by atoms with E-state index in [1.54, 1.807) is 14.1 Å². The smallest absolute Gasteiger partial charge is 0.332 e. The third kappa shape index (κ3) is 4.04. The van der Waals surface area contributed by atoms with Crippen LogP contribution in [0.1, 0.15) is 25.6 Å². The molecule has 4 rings (SSSR count). The molecular formula is C20H34N6O3+2. The maximum absolute atomic E-state index is 13.0. The average molecular weight is 407 g/mol. The maximum atomic E-state index is 13.0. The van der Waals surface area contributed by atoms with Crippen molar-refractivity contribution in [2.45, 2.75) is 32.9 Å². The molecule has 4 heterocycles. The summed E-state index contributed by atoms with van der Waals surface area (Å²) >= 11 is 0. The molecule has 0 atom stereocenters. The first kappa shape index (κ1) is 20.3. The quantitative estimate of drug-likeness (QED) is 0.561. The lowest BCUT2D eigenvalue weighted by atomic mass is 9.99. The summed E-state index contributed by atoms with van der Waals surface area (Å²) in [5, 5.41) is 0. The van der Waals surface area contributed by atoms with E-state index in [-0.39, 0.29) is 11.2 Å². The SMILES string of the molecule is CC1CC[NH+](Cc2nc3c(c(=O)n(C)c(=O)n3C)n2CC[NH+]2CCOCC2)CC1. The summed E-state index contributed by atoms with van der Waals surface area (Å²) in [6, 6.07) is 0. The molecule has 2 aromatic rings. The van der Waals surface area contributed by atoms with Gasteiger partial charge in [0.2, 0.25) is 0 Å². The van der Waals surface area contributed by atoms with Gasteiger partial charge in [-0.3, -0.25) is 13.9 Å². The number of hydrogen-bond acceptors (Lipinski definition) is 4. The molecule has 9 nitrogen and oxygen atoms in total. The lowest BCUT2D eigenvalue weighted by Crippen LogP contribution is -3.14. The molecule has 0 aromatic carbocycles. The Morgan fingerprint density at radius 2 is 1.72 bits per heavy atom. The third-order valence-electron chi connectivity index (χ3n) is 6.71. The highest BCUT2D eigenvalue weighted by atomic mass is 16.5. The van der Waals surface area contributed by atoms with Crippen LogP contribution in [0, 0.1) is 5.92 Å². The van der Waals surface area contributed by atoms with Crippen molar-refractivity contribution in [3.8, 4) is 0 Å². The molecule has 0 saturated carbocycles. The van der Waals surface area contributed by atoms with E-state index in [1.165, 1.54) is 31.8 Å². The summed E-state index contributed by atoms with van der Waals surface area (Å²) in [6.07, 6.45) is 2.46. The largest absolute Gasteiger partial charge is 0.370 e. The molecular weight excluding hydrogens is 372 g/mol. The minimum Gasteiger partial charge on any atom is -0.370 e. The predicted molar refractivity (Wildman–Crippen MR) is 109 cm³/mol. The van der Waals surface area contributed by atoms with Crippen LogP contribution in [0.15, 0.2) is 9.59 Å². The second kappa shape index (κ2) is 8.41. The van der Waals surface area contributed by atoms with Gasteiger partial charge in [0.15, 0.2) is 17.0 Å². The van der Waals surface area contributed by atoms with E-state index in [2.05, 4.69) is 11.5 Å². The molecule has 2 aromatic heterocycles. The van der Waals surface area contributed by atoms with Gasteiger partial charge in [-0.2, -0.15) is 0 Å². The Labute approximate surface area is 170 Å². The zero-order valence-electron chi connectivity index (χ0n) is 17.9. The van der Waals surface area contributed by atoms with Crippen LogP contribution in [0.3, 0.4) is 0 Å². The minimum absolute atomic E-state index is 0.249. The fourth-order valence-corrected chi connectivity index (χ4v) is 4.62. The van der Waals surface area contributed by atoms with E-state index in [4.69, 9.17) is 9.72 Å². The van der Waals surface area contributed by atoms with Crippen molar-refractivity contribution in [2.24, 2.45) is 20.0 Å². The second-order valence-corrected chi connectivity index (χ2v) is 8.78. The number of nitrogens with one attached hydrogen (secondary N) is 2. The molecule has 0 spiro atoms. The summed E-state index contributed by atoms with van der Waals surface area (Å²) in [5.41, 5.74) is 0.495. The van der Waals surface area contributed by atoms with Gasteiger partial charge < -0.3 is 19.1 Å². The standard InChI is InChI=1S/C20H32N6O3/c1-15-4-6-25(7-5-15)14-16-21-18-17(19(27)23(3)20(28)22(18)2)26(16)9-8-24-10-12-29-13-11-24/h15H,4-14H2,1-3H3/p+2. The van der Waals surface area contributed by atoms with Crippen molar-refractivity contribution in [3.63, 3.8) is 0 Å². The van der Waals surface area contributed by atoms with Crippen LogP contribution in [0.4, 0.5) is 0 Å². The molecule has 2 aliphatic heterocycles. The van der Waals surface area contributed by atoms with Gasteiger partial charge in [0.1, 0.15) is 19.6 Å². The lowest BCUT2D eigenvalue weighted by molar-refractivity contribution is -0.920. The molecule has 0 unspecified atom stereocenters. The summed E-state index contributed by atoms with van der Waals surface area (Å²) < 4.78 is 10.3. The molecule has 0 amide bonds. The average Bonchev–Trinajstić information content (AvgIpc) is 3.10. The fourth-order valence-electron chi connectivity index (χ4n) is 4.62. The monoisotopic (exact) mass is 406 g/mol. The normalized spacial score (nSPS) is 23.7. The molecule has 2 saturated heterocycles. The van der Waals surface area contributed by atoms with E-state index in [0.29, 0.717) is 11.2 Å². The number of aryl methyl sites for hydroxylation is 1. The van der Waals surface area contributed by atoms with Crippen molar-refractivity contribution < 1.29 is 14.5 Å². The molecule has 9 heteroatoms. The minimum atomic E-state index is -0.323. The number of piperidine rings is 1. The highest BCUT2D eigenvalue weighted by molar-refractivity contribution is 5.71. The Morgan fingerprint density at radius 1 is 1.03 bits per heavy atom. The third-order valence-corrected chi connectivity index (χ3v) is 6.71. The van der Waals surface area contributed by atoms with E-state index >= 15 is 0 Å². The van der Waals surface area contributed by atoms with E-state index in [1.807, 2.05) is 0 Å². The maximum Gasteiger partial charge on any atom is 0.332 e. The van der Waals surface area contributed by atoms with Gasteiger partial charge in [0, 0.05) is 14.1 Å². The molecule has 0 bridgehead atoms. The summed E-state index contributed by atoms with van der Waals surface area (Å²) in [6.45, 7) is 10.6. The molecule has 0 radical (unpaired) electrons. The van der Waals surface area contributed by atoms with Crippen molar-refractivity contribution >= 4 is 11.2 Å². The van der Waals surface area contributed by atoms with Crippen LogP contribution in [-0.4, -0.2) is 64.6 Å². The highest BCUT2D eigenvalue weighted by Crippen LogP contribution is 2.12. The number of nitrogens with zero attached hydrogens (tertiary/aromatic N) is 4. The lowest BCUT2D eigenvalue weighted by Gasteiger charge is -2.27. The summed E-state index contributed by atoms with van der Waals surface area (Å²) in [5.74, 6) is 1.71. The Balaban J connectivity index is 1.70. The molecule has 2 aliphatic rings. The number of morpholine rings is 1. The second-order valence-electron chi connectivity index (χ2n) is 8.78. The van der Waals surface area contributed by atoms with Gasteiger partial charge in [-0.15, -0.1) is 0 Å². The predicted octanol–water partition coefficient (Wildman–Crippen LogP) is -2.84. The number of hydrogen-bond donors (Lipinski definition) is 2. The Kier molecular flexibility index (Phi) is 5.89. The van der Waals surface area contributed by atoms with Crippen LogP contribution in [0.25, 0.3) is 11.2 Å². The number of quaternary nitrogens is 2. The van der Waals surface area contributed by atoms with Gasteiger partial charge in [0.25, 0.3) is 5.56 Å². The number of aromatic nitrogens is 4. The van der Waals surface area contributed by atoms with E-state index < -0.39 is 0 Å². The van der Waals surface area contributed by atoms with Gasteiger partial charge in [0.05, 0.1) is 39.4 Å². The van der Waals surface area contributed by atoms with Crippen LogP contribution >= 0.6 is 0 Å². The topological polar surface area (TPSA) is 79.9 Å². The number of fused-ring (bicyclic) bond motifs is 1. The van der Waals surface area contributed by atoms with Crippen LogP contribution in [0.2, 0.25) is 0 Å². The molecule has 2 fully saturated rings. The number of imidazole rings is 1. The first-order chi connectivity index (χ1) is 14.0. The van der Waals surface area contributed by atoms with E-state index in [9.17, 15) is 9.59 Å². The van der Waals surface area contributed by atoms with Gasteiger partial charge in [-0.05, 0) is 18.8 Å². The Hall–Kier alpha value is -1.97. The van der Waals surface area contributed by atoms with Gasteiger partial charge in [-0.25, -0.2) is 9.78 Å². The van der Waals surface area contributed by atoms with Gasteiger partial charge in [-0.1, -0.05) is 6.92 Å². The van der Waals surface area contributed by atoms with Crippen molar-refractivity contribution in [1.29, 1.82) is 0 Å². The summed E-state index contributed by atoms with van der Waals surface area (Å²) in [4.78, 5) is 33.2. The molecule has 0 aliphatic carbocycles. The zero-order valence-corrected chi connectivity index (χ0v) is 17.9. The van der Waals surface area contributed by atoms with Crippen molar-refractivity contribution in [3.05, 3.63) is 26.7 Å². The number of likely N-dealkylation sites (tertiary alicyclic amines) is 1. The van der Waals surface area contributed by atoms with Gasteiger partial charge >= 0.3 is 5.69 Å². The van der Waals surface area contributed by atoms with Crippen LogP contribution < -0.4 is 21.0 Å². The number of rotatable bonds is 5. The van der Waals surface area contributed by atoms with Crippen molar-refractivity contribution in [1.82, 2.24) is 18.7 Å². The molecule has 2 N–H and O–H groups in total. The Bertz CT molecular complexity index is 977. The molecule has 29 heavy (non-hydrogen) atoms. The Morgan fingerprint density at radius 3 is 2.41 bits per heavy atom. The zero-order chi connectivity index (χ0) is 20.5. The number of ether oxygens (including phenoxy) is 1. The molecule has 160 valence electrons. The van der Waals surface area contributed by atoms with Crippen molar-refractivity contribution in [2.75, 3.05) is 45.9 Å². The summed E-state index contributed by atoms with van der Waals surface area (Å²) in [7, 11) is 3.25. The van der Waals surface area contributed by atoms with Crippen LogP contribution in [0.5, 0.6) is 0 Å². The first-order valence-electron chi connectivity index (χ1n) is 10.9. The fraction of sp³-hybridized carbons (Fsp3) is 0.750. The highest BCUT2D eigenvalue weighted by Gasteiger charge is 2.25.